The molecule has 1 amide bonds. The van der Waals surface area contributed by atoms with Gasteiger partial charge >= 0.3 is 11.9 Å². The van der Waals surface area contributed by atoms with Gasteiger partial charge in [0.15, 0.2) is 11.4 Å². The molecule has 0 aliphatic carbocycles. The number of nitrogens with zero attached hydrogens (tertiary/aromatic N) is 4. The van der Waals surface area contributed by atoms with Gasteiger partial charge < -0.3 is 20.0 Å². The molecule has 9 nitrogen and oxygen atoms in total. The summed E-state index contributed by atoms with van der Waals surface area (Å²) in [6.45, 7) is 7.63. The van der Waals surface area contributed by atoms with Crippen LogP contribution >= 0.6 is 0 Å². The number of pyridine rings is 2. The minimum absolute atomic E-state index is 0.234. The standard InChI is InChI=1S/C17H20N4O5/c1-11-13(5-6-14(19-11)21(24)25)26-12-7-8-18-15(9-12)20(16(22)23)10-17(2,3)4/h5-9H,10H2,1-4H3,(H,22,23). The lowest BCUT2D eigenvalue weighted by Gasteiger charge is -2.27. The third-order valence-corrected chi connectivity index (χ3v) is 3.29. The highest BCUT2D eigenvalue weighted by molar-refractivity contribution is 5.85. The zero-order valence-electron chi connectivity index (χ0n) is 15.0. The third-order valence-electron chi connectivity index (χ3n) is 3.29. The maximum Gasteiger partial charge on any atom is 0.413 e. The van der Waals surface area contributed by atoms with Gasteiger partial charge in [-0.1, -0.05) is 20.8 Å². The van der Waals surface area contributed by atoms with Gasteiger partial charge in [0, 0.05) is 31.8 Å². The zero-order chi connectivity index (χ0) is 19.5. The van der Waals surface area contributed by atoms with Gasteiger partial charge in [-0.15, -0.1) is 0 Å². The molecule has 0 saturated carbocycles. The number of hydrogen-bond acceptors (Lipinski definition) is 6. The van der Waals surface area contributed by atoms with Crippen molar-refractivity contribution in [3.8, 4) is 11.5 Å². The lowest BCUT2D eigenvalue weighted by atomic mass is 9.96. The Bertz CT molecular complexity index is 832. The Morgan fingerprint density at radius 2 is 2.04 bits per heavy atom. The number of carboxylic acid groups (broad SMARTS) is 1. The van der Waals surface area contributed by atoms with Gasteiger partial charge in [0.05, 0.1) is 0 Å². The van der Waals surface area contributed by atoms with Crippen molar-refractivity contribution in [3.05, 3.63) is 46.3 Å². The fourth-order valence-electron chi connectivity index (χ4n) is 2.20. The average Bonchev–Trinajstić information content (AvgIpc) is 2.53. The lowest BCUT2D eigenvalue weighted by molar-refractivity contribution is -0.389. The largest absolute Gasteiger partial charge is 0.465 e. The van der Waals surface area contributed by atoms with E-state index in [9.17, 15) is 20.0 Å². The molecule has 0 fully saturated rings. The number of ether oxygens (including phenoxy) is 1. The molecule has 0 bridgehead atoms. The number of aryl methyl sites for hydroxylation is 1. The van der Waals surface area contributed by atoms with E-state index in [2.05, 4.69) is 9.97 Å². The summed E-state index contributed by atoms with van der Waals surface area (Å²) in [5, 5.41) is 20.2. The number of amides is 1. The summed E-state index contributed by atoms with van der Waals surface area (Å²) in [5.74, 6) is 0.657. The van der Waals surface area contributed by atoms with E-state index in [1.54, 1.807) is 13.0 Å². The van der Waals surface area contributed by atoms with Gasteiger partial charge in [0.1, 0.15) is 11.6 Å². The summed E-state index contributed by atoms with van der Waals surface area (Å²) in [5.41, 5.74) is 0.0952. The van der Waals surface area contributed by atoms with Crippen molar-refractivity contribution in [3.63, 3.8) is 0 Å². The van der Waals surface area contributed by atoms with Crippen LogP contribution in [0.15, 0.2) is 30.5 Å². The Kier molecular flexibility index (Phi) is 5.39. The molecule has 9 heteroatoms. The second kappa shape index (κ2) is 7.34. The molecule has 0 aromatic carbocycles. The Morgan fingerprint density at radius 1 is 1.35 bits per heavy atom. The van der Waals surface area contributed by atoms with Crippen molar-refractivity contribution in [2.75, 3.05) is 11.4 Å². The van der Waals surface area contributed by atoms with Crippen LogP contribution in [0.25, 0.3) is 0 Å². The molecule has 0 saturated heterocycles. The number of aromatic nitrogens is 2. The lowest BCUT2D eigenvalue weighted by Crippen LogP contribution is -2.37. The molecule has 0 spiro atoms. The zero-order valence-corrected chi connectivity index (χ0v) is 15.0. The maximum atomic E-state index is 11.6. The molecule has 0 atom stereocenters. The topological polar surface area (TPSA) is 119 Å². The van der Waals surface area contributed by atoms with E-state index in [0.29, 0.717) is 17.2 Å². The number of nitro groups is 1. The molecule has 1 N–H and O–H groups in total. The average molecular weight is 360 g/mol. The van der Waals surface area contributed by atoms with E-state index >= 15 is 0 Å². The first-order valence-electron chi connectivity index (χ1n) is 7.83. The number of hydrogen-bond donors (Lipinski definition) is 1. The van der Waals surface area contributed by atoms with Crippen LogP contribution in [0, 0.1) is 22.5 Å². The van der Waals surface area contributed by atoms with Crippen LogP contribution in [0.1, 0.15) is 26.5 Å². The van der Waals surface area contributed by atoms with Crippen molar-refractivity contribution in [2.45, 2.75) is 27.7 Å². The van der Waals surface area contributed by atoms with Gasteiger partial charge in [0.25, 0.3) is 0 Å². The van der Waals surface area contributed by atoms with Crippen molar-refractivity contribution in [2.24, 2.45) is 5.41 Å². The second-order valence-electron chi connectivity index (χ2n) is 6.89. The van der Waals surface area contributed by atoms with Gasteiger partial charge in [-0.2, -0.15) is 0 Å². The first-order valence-corrected chi connectivity index (χ1v) is 7.83. The molecule has 138 valence electrons. The molecule has 2 aromatic rings. The van der Waals surface area contributed by atoms with Crippen molar-refractivity contribution >= 4 is 17.7 Å². The second-order valence-corrected chi connectivity index (χ2v) is 6.89. The van der Waals surface area contributed by atoms with Crippen molar-refractivity contribution in [1.29, 1.82) is 0 Å². The summed E-state index contributed by atoms with van der Waals surface area (Å²) >= 11 is 0. The van der Waals surface area contributed by atoms with Crippen LogP contribution < -0.4 is 9.64 Å². The summed E-state index contributed by atoms with van der Waals surface area (Å²) in [4.78, 5) is 30.9. The molecule has 2 aromatic heterocycles. The quantitative estimate of drug-likeness (QED) is 0.632. The Balaban J connectivity index is 2.29. The van der Waals surface area contributed by atoms with E-state index < -0.39 is 11.0 Å². The maximum absolute atomic E-state index is 11.6. The Labute approximate surface area is 150 Å². The molecular weight excluding hydrogens is 340 g/mol. The molecule has 26 heavy (non-hydrogen) atoms. The van der Waals surface area contributed by atoms with Gasteiger partial charge in [-0.05, 0) is 27.5 Å². The monoisotopic (exact) mass is 360 g/mol. The van der Waals surface area contributed by atoms with E-state index in [0.717, 1.165) is 4.90 Å². The number of rotatable bonds is 5. The smallest absolute Gasteiger partial charge is 0.413 e. The fourth-order valence-corrected chi connectivity index (χ4v) is 2.20. The first kappa shape index (κ1) is 19.1. The highest BCUT2D eigenvalue weighted by Gasteiger charge is 2.23. The normalized spacial score (nSPS) is 11.1. The highest BCUT2D eigenvalue weighted by atomic mass is 16.6. The van der Waals surface area contributed by atoms with Crippen molar-refractivity contribution < 1.29 is 19.6 Å². The van der Waals surface area contributed by atoms with Gasteiger partial charge in [-0.3, -0.25) is 4.90 Å². The van der Waals surface area contributed by atoms with E-state index in [4.69, 9.17) is 4.74 Å². The van der Waals surface area contributed by atoms with E-state index in [1.807, 2.05) is 20.8 Å². The Morgan fingerprint density at radius 3 is 2.58 bits per heavy atom. The number of carbonyl (C=O) groups is 1. The molecule has 0 radical (unpaired) electrons. The van der Waals surface area contributed by atoms with Crippen molar-refractivity contribution in [1.82, 2.24) is 9.97 Å². The van der Waals surface area contributed by atoms with Crippen LogP contribution in [-0.2, 0) is 0 Å². The summed E-state index contributed by atoms with van der Waals surface area (Å²) in [6, 6.07) is 5.76. The molecule has 0 unspecified atom stereocenters. The summed E-state index contributed by atoms with van der Waals surface area (Å²) in [7, 11) is 0. The molecule has 0 aliphatic rings. The van der Waals surface area contributed by atoms with Crippen LogP contribution in [0.2, 0.25) is 0 Å². The molecule has 2 rings (SSSR count). The molecular formula is C17H20N4O5. The predicted octanol–water partition coefficient (Wildman–Crippen LogP) is 4.02. The predicted molar refractivity (Wildman–Crippen MR) is 94.8 cm³/mol. The molecule has 2 heterocycles. The SMILES string of the molecule is Cc1nc([N+](=O)[O-])ccc1Oc1ccnc(N(CC(C)(C)C)C(=O)O)c1. The van der Waals surface area contributed by atoms with Crippen LogP contribution in [0.3, 0.4) is 0 Å². The van der Waals surface area contributed by atoms with Crippen LogP contribution in [0.5, 0.6) is 11.5 Å². The minimum atomic E-state index is -1.11. The third kappa shape index (κ3) is 4.88. The van der Waals surface area contributed by atoms with Gasteiger partial charge in [-0.25, -0.2) is 9.78 Å². The summed E-state index contributed by atoms with van der Waals surface area (Å²) in [6.07, 6.45) is 0.329. The van der Waals surface area contributed by atoms with Crippen LogP contribution in [-0.4, -0.2) is 32.6 Å². The molecule has 0 aliphatic heterocycles. The van der Waals surface area contributed by atoms with E-state index in [1.165, 1.54) is 24.4 Å². The minimum Gasteiger partial charge on any atom is -0.465 e. The van der Waals surface area contributed by atoms with Crippen LogP contribution in [0.4, 0.5) is 16.4 Å². The Hall–Kier alpha value is -3.23. The van der Waals surface area contributed by atoms with Gasteiger partial charge in [0.2, 0.25) is 0 Å². The summed E-state index contributed by atoms with van der Waals surface area (Å²) < 4.78 is 5.70. The van der Waals surface area contributed by atoms with E-state index in [-0.39, 0.29) is 23.6 Å². The highest BCUT2D eigenvalue weighted by Crippen LogP contribution is 2.28. The number of anilines is 1. The first-order chi connectivity index (χ1) is 12.1. The fraction of sp³-hybridized carbons (Fsp3) is 0.353.